The molecule has 0 aliphatic heterocycles. The lowest BCUT2D eigenvalue weighted by Gasteiger charge is -2.31. The normalized spacial score (nSPS) is 25.6. The number of halogens is 2. The summed E-state index contributed by atoms with van der Waals surface area (Å²) in [4.78, 5) is 0. The van der Waals surface area contributed by atoms with Gasteiger partial charge in [0.25, 0.3) is 0 Å². The third-order valence-electron chi connectivity index (χ3n) is 4.56. The average molecular weight is 291 g/mol. The Morgan fingerprint density at radius 2 is 1.85 bits per heavy atom. The van der Waals surface area contributed by atoms with Crippen molar-refractivity contribution in [3.05, 3.63) is 0 Å². The summed E-state index contributed by atoms with van der Waals surface area (Å²) in [6, 6.07) is 0. The molecular weight excluding hydrogens is 260 g/mol. The predicted molar refractivity (Wildman–Crippen MR) is 78.8 cm³/mol. The van der Waals surface area contributed by atoms with Crippen LogP contribution in [0.2, 0.25) is 0 Å². The van der Waals surface area contributed by atoms with Crippen LogP contribution in [-0.2, 0) is 0 Å². The van der Waals surface area contributed by atoms with E-state index >= 15 is 0 Å². The number of unbranched alkanes of at least 4 members (excludes halogenated alkanes) is 2. The average Bonchev–Trinajstić information content (AvgIpc) is 2.38. The van der Waals surface area contributed by atoms with Crippen molar-refractivity contribution < 1.29 is 13.9 Å². The fourth-order valence-electron chi connectivity index (χ4n) is 3.09. The van der Waals surface area contributed by atoms with E-state index in [0.29, 0.717) is 24.7 Å². The van der Waals surface area contributed by atoms with Crippen LogP contribution in [0.25, 0.3) is 0 Å². The summed E-state index contributed by atoms with van der Waals surface area (Å²) in [5, 5.41) is 12.2. The zero-order valence-electron chi connectivity index (χ0n) is 13.0. The van der Waals surface area contributed by atoms with E-state index in [9.17, 15) is 8.78 Å². The second-order valence-electron chi connectivity index (χ2n) is 6.56. The minimum atomic E-state index is -3.48. The topological polar surface area (TPSA) is 32.3 Å². The largest absolute Gasteiger partial charge is 0.356 e. The van der Waals surface area contributed by atoms with Crippen molar-refractivity contribution in [1.29, 1.82) is 0 Å². The minimum Gasteiger partial charge on any atom is -0.336 e. The fraction of sp³-hybridized carbons (Fsp3) is 1.00. The molecule has 120 valence electrons. The Kier molecular flexibility index (Phi) is 7.96. The molecule has 1 aliphatic carbocycles. The van der Waals surface area contributed by atoms with Gasteiger partial charge in [0.05, 0.1) is 5.92 Å². The molecule has 0 heterocycles. The van der Waals surface area contributed by atoms with E-state index < -0.39 is 12.0 Å². The Balaban J connectivity index is 2.07. The number of hydrogen-bond donors (Lipinski definition) is 2. The van der Waals surface area contributed by atoms with Gasteiger partial charge in [-0.25, -0.2) is 0 Å². The Hall–Kier alpha value is -0.220. The van der Waals surface area contributed by atoms with Gasteiger partial charge in [-0.15, -0.1) is 0 Å². The summed E-state index contributed by atoms with van der Waals surface area (Å²) in [6.45, 7) is 6.45. The van der Waals surface area contributed by atoms with Crippen LogP contribution in [0, 0.1) is 17.8 Å². The van der Waals surface area contributed by atoms with Gasteiger partial charge >= 0.3 is 6.11 Å². The van der Waals surface area contributed by atoms with Crippen molar-refractivity contribution in [2.75, 3.05) is 13.1 Å². The van der Waals surface area contributed by atoms with E-state index in [0.717, 1.165) is 25.9 Å². The zero-order valence-corrected chi connectivity index (χ0v) is 13.0. The highest BCUT2D eigenvalue weighted by Crippen LogP contribution is 2.36. The molecule has 0 spiro atoms. The molecule has 0 aromatic heterocycles. The zero-order chi connectivity index (χ0) is 15.0. The predicted octanol–water partition coefficient (Wildman–Crippen LogP) is 4.18. The molecule has 1 aliphatic rings. The first kappa shape index (κ1) is 17.8. The number of hydrogen-bond acceptors (Lipinski definition) is 2. The molecule has 1 saturated carbocycles. The molecule has 0 saturated heterocycles. The van der Waals surface area contributed by atoms with Crippen molar-refractivity contribution in [3.63, 3.8) is 0 Å². The first-order chi connectivity index (χ1) is 9.43. The summed E-state index contributed by atoms with van der Waals surface area (Å²) in [7, 11) is 0. The molecule has 2 nitrogen and oxygen atoms in total. The van der Waals surface area contributed by atoms with Crippen molar-refractivity contribution >= 4 is 0 Å². The Morgan fingerprint density at radius 3 is 2.40 bits per heavy atom. The Bertz CT molecular complexity index is 247. The van der Waals surface area contributed by atoms with Gasteiger partial charge in [0.15, 0.2) is 0 Å². The smallest absolute Gasteiger partial charge is 0.336 e. The van der Waals surface area contributed by atoms with Crippen LogP contribution in [0.3, 0.4) is 0 Å². The molecule has 4 heteroatoms. The maximum Gasteiger partial charge on any atom is 0.356 e. The molecule has 1 rings (SSSR count). The number of alkyl halides is 2. The lowest BCUT2D eigenvalue weighted by atomic mass is 9.81. The highest BCUT2D eigenvalue weighted by molar-refractivity contribution is 4.78. The molecule has 0 aromatic carbocycles. The Morgan fingerprint density at radius 1 is 1.20 bits per heavy atom. The minimum absolute atomic E-state index is 0.446. The van der Waals surface area contributed by atoms with Gasteiger partial charge in [0.1, 0.15) is 0 Å². The molecule has 0 bridgehead atoms. The first-order valence-corrected chi connectivity index (χ1v) is 8.24. The van der Waals surface area contributed by atoms with Crippen molar-refractivity contribution in [2.24, 2.45) is 17.8 Å². The summed E-state index contributed by atoms with van der Waals surface area (Å²) in [5.74, 6) is 0.364. The lowest BCUT2D eigenvalue weighted by molar-refractivity contribution is -0.244. The van der Waals surface area contributed by atoms with Gasteiger partial charge in [-0.05, 0) is 57.0 Å². The second kappa shape index (κ2) is 8.93. The molecule has 20 heavy (non-hydrogen) atoms. The van der Waals surface area contributed by atoms with Crippen molar-refractivity contribution in [2.45, 2.75) is 71.3 Å². The van der Waals surface area contributed by atoms with Gasteiger partial charge in [-0.2, -0.15) is 8.78 Å². The molecule has 1 unspecified atom stereocenters. The van der Waals surface area contributed by atoms with Crippen molar-refractivity contribution in [3.8, 4) is 0 Å². The third-order valence-corrected chi connectivity index (χ3v) is 4.56. The summed E-state index contributed by atoms with van der Waals surface area (Å²) < 4.78 is 25.6. The van der Waals surface area contributed by atoms with Gasteiger partial charge in [-0.1, -0.05) is 33.1 Å². The third kappa shape index (κ3) is 6.98. The number of aliphatic hydroxyl groups is 1. The molecule has 1 fully saturated rings. The first-order valence-electron chi connectivity index (χ1n) is 8.24. The molecule has 1 atom stereocenters. The van der Waals surface area contributed by atoms with E-state index in [1.54, 1.807) is 0 Å². The van der Waals surface area contributed by atoms with E-state index in [2.05, 4.69) is 19.2 Å². The summed E-state index contributed by atoms with van der Waals surface area (Å²) in [5.41, 5.74) is 0. The van der Waals surface area contributed by atoms with Crippen LogP contribution in [0.5, 0.6) is 0 Å². The van der Waals surface area contributed by atoms with Crippen LogP contribution >= 0.6 is 0 Å². The molecule has 2 N–H and O–H groups in total. The number of rotatable bonds is 9. The van der Waals surface area contributed by atoms with Gasteiger partial charge in [-0.3, -0.25) is 0 Å². The van der Waals surface area contributed by atoms with Gasteiger partial charge in [0, 0.05) is 0 Å². The van der Waals surface area contributed by atoms with Crippen LogP contribution in [0.4, 0.5) is 8.78 Å². The van der Waals surface area contributed by atoms with E-state index in [-0.39, 0.29) is 0 Å². The molecule has 0 radical (unpaired) electrons. The van der Waals surface area contributed by atoms with E-state index in [4.69, 9.17) is 5.11 Å². The lowest BCUT2D eigenvalue weighted by Crippen LogP contribution is -2.34. The molecular formula is C16H31F2NO. The van der Waals surface area contributed by atoms with Crippen LogP contribution in [0.1, 0.15) is 65.2 Å². The summed E-state index contributed by atoms with van der Waals surface area (Å²) in [6.07, 6.45) is 4.16. The van der Waals surface area contributed by atoms with Crippen LogP contribution in [-0.4, -0.2) is 24.3 Å². The van der Waals surface area contributed by atoms with E-state index in [1.807, 2.05) is 0 Å². The fourth-order valence-corrected chi connectivity index (χ4v) is 3.09. The Labute approximate surface area is 122 Å². The summed E-state index contributed by atoms with van der Waals surface area (Å²) >= 11 is 0. The standard InChI is InChI=1S/C16H31F2NO/c1-3-4-5-6-13(2)11-19-12-14-7-9-15(10-8-14)16(17,18)20/h13-15,19-20H,3-12H2,1-2H3. The highest BCUT2D eigenvalue weighted by atomic mass is 19.3. The second-order valence-corrected chi connectivity index (χ2v) is 6.56. The SMILES string of the molecule is CCCCCC(C)CNCC1CCC(C(O)(F)F)CC1. The van der Waals surface area contributed by atoms with Gasteiger partial charge < -0.3 is 10.4 Å². The monoisotopic (exact) mass is 291 g/mol. The highest BCUT2D eigenvalue weighted by Gasteiger charge is 2.39. The van der Waals surface area contributed by atoms with E-state index in [1.165, 1.54) is 25.7 Å². The maximum absolute atomic E-state index is 12.8. The maximum atomic E-state index is 12.8. The van der Waals surface area contributed by atoms with Crippen LogP contribution in [0.15, 0.2) is 0 Å². The molecule has 0 aromatic rings. The number of nitrogens with one attached hydrogen (secondary N) is 1. The van der Waals surface area contributed by atoms with Crippen molar-refractivity contribution in [1.82, 2.24) is 5.32 Å². The quantitative estimate of drug-likeness (QED) is 0.624. The van der Waals surface area contributed by atoms with Gasteiger partial charge in [0.2, 0.25) is 0 Å². The molecule has 0 amide bonds. The van der Waals surface area contributed by atoms with Crippen LogP contribution < -0.4 is 5.32 Å².